The third-order valence-electron chi connectivity index (χ3n) is 3.36. The van der Waals surface area contributed by atoms with Gasteiger partial charge < -0.3 is 10.2 Å². The van der Waals surface area contributed by atoms with Crippen molar-refractivity contribution in [1.82, 2.24) is 0 Å². The Bertz CT molecular complexity index is 137. The summed E-state index contributed by atoms with van der Waals surface area (Å²) in [4.78, 5) is 0. The fourth-order valence-corrected chi connectivity index (χ4v) is 2.27. The van der Waals surface area contributed by atoms with Crippen molar-refractivity contribution in [3.05, 3.63) is 0 Å². The van der Waals surface area contributed by atoms with E-state index in [4.69, 9.17) is 0 Å². The summed E-state index contributed by atoms with van der Waals surface area (Å²) >= 11 is 0. The molecule has 2 N–H and O–H groups in total. The maximum absolute atomic E-state index is 9.96. The molecule has 0 unspecified atom stereocenters. The molecular formula is C12H24O2. The highest BCUT2D eigenvalue weighted by atomic mass is 16.3. The molecule has 0 saturated heterocycles. The first-order chi connectivity index (χ1) is 6.41. The van der Waals surface area contributed by atoms with Gasteiger partial charge in [0.1, 0.15) is 0 Å². The molecule has 0 bridgehead atoms. The van der Waals surface area contributed by atoms with Crippen LogP contribution in [0.15, 0.2) is 0 Å². The maximum Gasteiger partial charge on any atom is 0.0619 e. The summed E-state index contributed by atoms with van der Waals surface area (Å²) < 4.78 is 0. The SMILES string of the molecule is CC1(O)CCCCC(C)(O)CCCC1. The van der Waals surface area contributed by atoms with Crippen LogP contribution in [0.5, 0.6) is 0 Å². The predicted molar refractivity (Wildman–Crippen MR) is 58.2 cm³/mol. The van der Waals surface area contributed by atoms with Crippen LogP contribution in [0.1, 0.15) is 65.2 Å². The van der Waals surface area contributed by atoms with Crippen LogP contribution < -0.4 is 0 Å². The van der Waals surface area contributed by atoms with Gasteiger partial charge in [-0.1, -0.05) is 25.7 Å². The Balaban J connectivity index is 2.42. The normalized spacial score (nSPS) is 42.0. The van der Waals surface area contributed by atoms with Crippen LogP contribution in [-0.2, 0) is 0 Å². The lowest BCUT2D eigenvalue weighted by Gasteiger charge is -2.29. The Morgan fingerprint density at radius 1 is 0.643 bits per heavy atom. The lowest BCUT2D eigenvalue weighted by Crippen LogP contribution is -2.28. The first-order valence-corrected chi connectivity index (χ1v) is 5.86. The maximum atomic E-state index is 9.96. The third-order valence-corrected chi connectivity index (χ3v) is 3.36. The van der Waals surface area contributed by atoms with E-state index in [0.29, 0.717) is 0 Å². The van der Waals surface area contributed by atoms with E-state index in [0.717, 1.165) is 51.4 Å². The Labute approximate surface area is 87.3 Å². The number of rotatable bonds is 0. The summed E-state index contributed by atoms with van der Waals surface area (Å²) in [7, 11) is 0. The van der Waals surface area contributed by atoms with Gasteiger partial charge in [-0.15, -0.1) is 0 Å². The van der Waals surface area contributed by atoms with Crippen LogP contribution in [0.3, 0.4) is 0 Å². The number of hydrogen-bond donors (Lipinski definition) is 2. The van der Waals surface area contributed by atoms with Gasteiger partial charge in [-0.05, 0) is 39.5 Å². The van der Waals surface area contributed by atoms with Gasteiger partial charge >= 0.3 is 0 Å². The van der Waals surface area contributed by atoms with Gasteiger partial charge in [0.25, 0.3) is 0 Å². The van der Waals surface area contributed by atoms with Crippen LogP contribution >= 0.6 is 0 Å². The van der Waals surface area contributed by atoms with Crippen molar-refractivity contribution in [3.8, 4) is 0 Å². The number of hydrogen-bond acceptors (Lipinski definition) is 2. The minimum absolute atomic E-state index is 0.469. The monoisotopic (exact) mass is 200 g/mol. The van der Waals surface area contributed by atoms with E-state index >= 15 is 0 Å². The smallest absolute Gasteiger partial charge is 0.0619 e. The van der Waals surface area contributed by atoms with Gasteiger partial charge in [0.15, 0.2) is 0 Å². The van der Waals surface area contributed by atoms with Crippen LogP contribution in [-0.4, -0.2) is 21.4 Å². The summed E-state index contributed by atoms with van der Waals surface area (Å²) in [6.07, 6.45) is 7.64. The average Bonchev–Trinajstić information content (AvgIpc) is 2.07. The molecule has 1 saturated carbocycles. The topological polar surface area (TPSA) is 40.5 Å². The summed E-state index contributed by atoms with van der Waals surface area (Å²) in [5.74, 6) is 0. The fourth-order valence-electron chi connectivity index (χ4n) is 2.27. The van der Waals surface area contributed by atoms with Crippen LogP contribution in [0.2, 0.25) is 0 Å². The van der Waals surface area contributed by atoms with E-state index in [1.807, 2.05) is 13.8 Å². The zero-order chi connectivity index (χ0) is 10.7. The van der Waals surface area contributed by atoms with Crippen LogP contribution in [0.4, 0.5) is 0 Å². The molecular weight excluding hydrogens is 176 g/mol. The Kier molecular flexibility index (Phi) is 3.96. The summed E-state index contributed by atoms with van der Waals surface area (Å²) in [6.45, 7) is 3.87. The van der Waals surface area contributed by atoms with Crippen molar-refractivity contribution in [1.29, 1.82) is 0 Å². The largest absolute Gasteiger partial charge is 0.390 e. The average molecular weight is 200 g/mol. The molecule has 2 heteroatoms. The highest BCUT2D eigenvalue weighted by molar-refractivity contribution is 4.78. The van der Waals surface area contributed by atoms with Gasteiger partial charge in [0, 0.05) is 0 Å². The molecule has 0 aromatic heterocycles. The van der Waals surface area contributed by atoms with E-state index in [1.54, 1.807) is 0 Å². The van der Waals surface area contributed by atoms with Crippen molar-refractivity contribution in [2.75, 3.05) is 0 Å². The Morgan fingerprint density at radius 2 is 0.857 bits per heavy atom. The van der Waals surface area contributed by atoms with Gasteiger partial charge in [0.2, 0.25) is 0 Å². The molecule has 0 spiro atoms. The minimum Gasteiger partial charge on any atom is -0.390 e. The van der Waals surface area contributed by atoms with Crippen LogP contribution in [0.25, 0.3) is 0 Å². The Hall–Kier alpha value is -0.0800. The van der Waals surface area contributed by atoms with E-state index in [2.05, 4.69) is 0 Å². The van der Waals surface area contributed by atoms with Gasteiger partial charge in [-0.2, -0.15) is 0 Å². The quantitative estimate of drug-likeness (QED) is 0.631. The lowest BCUT2D eigenvalue weighted by atomic mass is 9.85. The molecule has 84 valence electrons. The van der Waals surface area contributed by atoms with E-state index in [1.165, 1.54) is 0 Å². The van der Waals surface area contributed by atoms with Crippen molar-refractivity contribution in [2.24, 2.45) is 0 Å². The van der Waals surface area contributed by atoms with E-state index in [-0.39, 0.29) is 0 Å². The highest BCUT2D eigenvalue weighted by Gasteiger charge is 2.24. The summed E-state index contributed by atoms with van der Waals surface area (Å²) in [5.41, 5.74) is -0.938. The molecule has 0 aromatic carbocycles. The molecule has 0 radical (unpaired) electrons. The molecule has 1 fully saturated rings. The number of aliphatic hydroxyl groups is 2. The molecule has 0 aromatic rings. The minimum atomic E-state index is -0.469. The van der Waals surface area contributed by atoms with Crippen molar-refractivity contribution in [3.63, 3.8) is 0 Å². The second-order valence-corrected chi connectivity index (χ2v) is 5.41. The second kappa shape index (κ2) is 4.63. The molecule has 1 aliphatic rings. The summed E-state index contributed by atoms with van der Waals surface area (Å²) in [5, 5.41) is 19.9. The predicted octanol–water partition coefficient (Wildman–Crippen LogP) is 2.62. The van der Waals surface area contributed by atoms with Crippen molar-refractivity contribution >= 4 is 0 Å². The third kappa shape index (κ3) is 4.43. The van der Waals surface area contributed by atoms with Gasteiger partial charge in [0.05, 0.1) is 11.2 Å². The van der Waals surface area contributed by atoms with Crippen molar-refractivity contribution < 1.29 is 10.2 Å². The molecule has 0 amide bonds. The summed E-state index contributed by atoms with van der Waals surface area (Å²) in [6, 6.07) is 0. The Morgan fingerprint density at radius 3 is 1.07 bits per heavy atom. The first kappa shape index (κ1) is 12.0. The molecule has 14 heavy (non-hydrogen) atoms. The molecule has 0 atom stereocenters. The van der Waals surface area contributed by atoms with E-state index in [9.17, 15) is 10.2 Å². The fraction of sp³-hybridized carbons (Fsp3) is 1.00. The molecule has 1 rings (SSSR count). The molecule has 0 aliphatic heterocycles. The molecule has 0 heterocycles. The second-order valence-electron chi connectivity index (χ2n) is 5.41. The molecule has 2 nitrogen and oxygen atoms in total. The van der Waals surface area contributed by atoms with Gasteiger partial charge in [-0.3, -0.25) is 0 Å². The van der Waals surface area contributed by atoms with Gasteiger partial charge in [-0.25, -0.2) is 0 Å². The zero-order valence-electron chi connectivity index (χ0n) is 9.55. The lowest BCUT2D eigenvalue weighted by molar-refractivity contribution is 0.00918. The molecule has 1 aliphatic carbocycles. The zero-order valence-corrected chi connectivity index (χ0v) is 9.55. The standard InChI is InChI=1S/C12H24O2/c1-11(13)7-3-5-9-12(2,14)10-6-4-8-11/h13-14H,3-10H2,1-2H3. The van der Waals surface area contributed by atoms with Crippen molar-refractivity contribution in [2.45, 2.75) is 76.4 Å². The highest BCUT2D eigenvalue weighted by Crippen LogP contribution is 2.28. The van der Waals surface area contributed by atoms with E-state index < -0.39 is 11.2 Å². The van der Waals surface area contributed by atoms with Crippen LogP contribution in [0, 0.1) is 0 Å². The first-order valence-electron chi connectivity index (χ1n) is 5.86.